The third-order valence-corrected chi connectivity index (χ3v) is 7.11. The van der Waals surface area contributed by atoms with Crippen molar-refractivity contribution in [3.05, 3.63) is 29.8 Å². The van der Waals surface area contributed by atoms with Gasteiger partial charge in [0.2, 0.25) is 5.91 Å². The summed E-state index contributed by atoms with van der Waals surface area (Å²) < 4.78 is 26.8. The SMILES string of the molecule is CC1CCC(C(C)C)C(NC(=O)[C@H](C)N=C2NS(=O)(=O)c3ccccc32)C1. The molecule has 0 saturated heterocycles. The van der Waals surface area contributed by atoms with Gasteiger partial charge in [-0.2, -0.15) is 0 Å². The molecule has 0 radical (unpaired) electrons. The minimum Gasteiger partial charge on any atom is -0.351 e. The molecule has 0 bridgehead atoms. The molecule has 148 valence electrons. The summed E-state index contributed by atoms with van der Waals surface area (Å²) in [6, 6.07) is 6.16. The van der Waals surface area contributed by atoms with Gasteiger partial charge in [0.05, 0.1) is 4.90 Å². The van der Waals surface area contributed by atoms with E-state index in [0.29, 0.717) is 23.3 Å². The van der Waals surface area contributed by atoms with Gasteiger partial charge < -0.3 is 5.32 Å². The number of benzene rings is 1. The molecular formula is C20H29N3O3S. The Morgan fingerprint density at radius 1 is 1.22 bits per heavy atom. The molecule has 1 amide bonds. The number of aliphatic imine (C=N–C) groups is 1. The maximum atomic E-state index is 12.8. The number of fused-ring (bicyclic) bond motifs is 1. The quantitative estimate of drug-likeness (QED) is 0.827. The first kappa shape index (κ1) is 19.9. The molecule has 4 atom stereocenters. The summed E-state index contributed by atoms with van der Waals surface area (Å²) in [7, 11) is -3.59. The highest BCUT2D eigenvalue weighted by molar-refractivity contribution is 7.90. The lowest BCUT2D eigenvalue weighted by atomic mass is 9.74. The fourth-order valence-electron chi connectivity index (χ4n) is 4.15. The summed E-state index contributed by atoms with van der Waals surface area (Å²) in [5.41, 5.74) is 0.517. The number of amidine groups is 1. The van der Waals surface area contributed by atoms with E-state index in [1.807, 2.05) is 0 Å². The molecule has 7 heteroatoms. The Labute approximate surface area is 161 Å². The monoisotopic (exact) mass is 391 g/mol. The van der Waals surface area contributed by atoms with Crippen molar-refractivity contribution in [2.75, 3.05) is 0 Å². The first-order valence-electron chi connectivity index (χ1n) is 9.69. The number of nitrogens with zero attached hydrogens (tertiary/aromatic N) is 1. The van der Waals surface area contributed by atoms with E-state index in [2.05, 4.69) is 35.8 Å². The number of nitrogens with one attached hydrogen (secondary N) is 2. The standard InChI is InChI=1S/C20H29N3O3S/c1-12(2)15-10-9-13(3)11-17(15)22-20(24)14(4)21-19-16-7-5-6-8-18(16)27(25,26)23-19/h5-8,12-15,17H,9-11H2,1-4H3,(H,21,23)(H,22,24)/t13?,14-,15?,17?/m0/s1. The first-order chi connectivity index (χ1) is 12.7. The summed E-state index contributed by atoms with van der Waals surface area (Å²) in [4.78, 5) is 17.3. The maximum absolute atomic E-state index is 12.8. The molecule has 1 heterocycles. The molecule has 2 N–H and O–H groups in total. The number of carbonyl (C=O) groups excluding carboxylic acids is 1. The highest BCUT2D eigenvalue weighted by Crippen LogP contribution is 2.33. The first-order valence-corrected chi connectivity index (χ1v) is 11.2. The Balaban J connectivity index is 1.75. The van der Waals surface area contributed by atoms with Crippen molar-refractivity contribution in [3.63, 3.8) is 0 Å². The Morgan fingerprint density at radius 3 is 2.63 bits per heavy atom. The van der Waals surface area contributed by atoms with Gasteiger partial charge in [-0.05, 0) is 49.7 Å². The summed E-state index contributed by atoms with van der Waals surface area (Å²) in [6.07, 6.45) is 3.30. The number of amides is 1. The van der Waals surface area contributed by atoms with Gasteiger partial charge >= 0.3 is 0 Å². The minimum atomic E-state index is -3.59. The Hall–Kier alpha value is -1.89. The molecule has 1 aliphatic heterocycles. The fourth-order valence-corrected chi connectivity index (χ4v) is 5.39. The van der Waals surface area contributed by atoms with Gasteiger partial charge in [0, 0.05) is 11.6 Å². The molecule has 1 fully saturated rings. The van der Waals surface area contributed by atoms with Crippen LogP contribution in [0.1, 0.15) is 52.5 Å². The molecular weight excluding hydrogens is 362 g/mol. The van der Waals surface area contributed by atoms with Crippen LogP contribution in [0.25, 0.3) is 0 Å². The average Bonchev–Trinajstić information content (AvgIpc) is 2.85. The Kier molecular flexibility index (Phi) is 5.60. The Morgan fingerprint density at radius 2 is 1.93 bits per heavy atom. The third kappa shape index (κ3) is 4.18. The molecule has 1 aromatic rings. The number of hydrogen-bond donors (Lipinski definition) is 2. The van der Waals surface area contributed by atoms with Crippen LogP contribution in [0.3, 0.4) is 0 Å². The van der Waals surface area contributed by atoms with E-state index in [0.717, 1.165) is 12.8 Å². The molecule has 3 rings (SSSR count). The smallest absolute Gasteiger partial charge is 0.263 e. The van der Waals surface area contributed by atoms with Crippen LogP contribution in [0.15, 0.2) is 34.2 Å². The second-order valence-electron chi connectivity index (χ2n) is 8.20. The van der Waals surface area contributed by atoms with E-state index in [1.165, 1.54) is 6.42 Å². The lowest BCUT2D eigenvalue weighted by molar-refractivity contribution is -0.123. The molecule has 1 aromatic carbocycles. The number of hydrogen-bond acceptors (Lipinski definition) is 4. The highest BCUT2D eigenvalue weighted by Gasteiger charge is 2.34. The van der Waals surface area contributed by atoms with Crippen molar-refractivity contribution in [3.8, 4) is 0 Å². The van der Waals surface area contributed by atoms with Crippen LogP contribution >= 0.6 is 0 Å². The highest BCUT2D eigenvalue weighted by atomic mass is 32.2. The molecule has 0 spiro atoms. The molecule has 2 aliphatic rings. The van der Waals surface area contributed by atoms with Gasteiger partial charge in [-0.25, -0.2) is 8.42 Å². The van der Waals surface area contributed by atoms with E-state index in [-0.39, 0.29) is 22.7 Å². The number of rotatable bonds is 4. The second-order valence-corrected chi connectivity index (χ2v) is 9.85. The predicted molar refractivity (Wildman–Crippen MR) is 106 cm³/mol. The van der Waals surface area contributed by atoms with Crippen molar-refractivity contribution in [2.24, 2.45) is 22.7 Å². The topological polar surface area (TPSA) is 87.6 Å². The minimum absolute atomic E-state index is 0.149. The third-order valence-electron chi connectivity index (χ3n) is 5.71. The van der Waals surface area contributed by atoms with Crippen LogP contribution in [0.2, 0.25) is 0 Å². The van der Waals surface area contributed by atoms with Crippen LogP contribution < -0.4 is 10.0 Å². The van der Waals surface area contributed by atoms with E-state index in [9.17, 15) is 13.2 Å². The largest absolute Gasteiger partial charge is 0.351 e. The van der Waals surface area contributed by atoms with Crippen molar-refractivity contribution in [1.82, 2.24) is 10.0 Å². The van der Waals surface area contributed by atoms with Gasteiger partial charge in [0.1, 0.15) is 11.9 Å². The lowest BCUT2D eigenvalue weighted by Gasteiger charge is -2.38. The van der Waals surface area contributed by atoms with Gasteiger partial charge in [-0.1, -0.05) is 39.3 Å². The van der Waals surface area contributed by atoms with Crippen LogP contribution in [0, 0.1) is 17.8 Å². The lowest BCUT2D eigenvalue weighted by Crippen LogP contribution is -2.48. The summed E-state index contributed by atoms with van der Waals surface area (Å²) >= 11 is 0. The molecule has 0 aromatic heterocycles. The molecule has 6 nitrogen and oxygen atoms in total. The molecule has 3 unspecified atom stereocenters. The molecule has 1 aliphatic carbocycles. The van der Waals surface area contributed by atoms with Crippen LogP contribution in [0.5, 0.6) is 0 Å². The van der Waals surface area contributed by atoms with Crippen molar-refractivity contribution in [1.29, 1.82) is 0 Å². The fraction of sp³-hybridized carbons (Fsp3) is 0.600. The van der Waals surface area contributed by atoms with Crippen LogP contribution in [-0.2, 0) is 14.8 Å². The van der Waals surface area contributed by atoms with Gasteiger partial charge in [-0.15, -0.1) is 0 Å². The van der Waals surface area contributed by atoms with Gasteiger partial charge in [0.15, 0.2) is 0 Å². The summed E-state index contributed by atoms with van der Waals surface area (Å²) in [5.74, 6) is 1.66. The van der Waals surface area contributed by atoms with Crippen LogP contribution in [0.4, 0.5) is 0 Å². The van der Waals surface area contributed by atoms with E-state index >= 15 is 0 Å². The van der Waals surface area contributed by atoms with Gasteiger partial charge in [-0.3, -0.25) is 14.5 Å². The zero-order chi connectivity index (χ0) is 19.8. The number of carbonyl (C=O) groups is 1. The molecule has 1 saturated carbocycles. The van der Waals surface area contributed by atoms with E-state index in [1.54, 1.807) is 31.2 Å². The van der Waals surface area contributed by atoms with Crippen LogP contribution in [-0.4, -0.2) is 32.2 Å². The zero-order valence-electron chi connectivity index (χ0n) is 16.4. The van der Waals surface area contributed by atoms with E-state index in [4.69, 9.17) is 0 Å². The summed E-state index contributed by atoms with van der Waals surface area (Å²) in [6.45, 7) is 8.33. The van der Waals surface area contributed by atoms with E-state index < -0.39 is 16.1 Å². The summed E-state index contributed by atoms with van der Waals surface area (Å²) in [5, 5.41) is 3.18. The maximum Gasteiger partial charge on any atom is 0.263 e. The number of sulfonamides is 1. The predicted octanol–water partition coefficient (Wildman–Crippen LogP) is 2.69. The van der Waals surface area contributed by atoms with Crippen molar-refractivity contribution in [2.45, 2.75) is 63.9 Å². The Bertz CT molecular complexity index is 848. The molecule has 27 heavy (non-hydrogen) atoms. The van der Waals surface area contributed by atoms with Gasteiger partial charge in [0.25, 0.3) is 10.0 Å². The normalized spacial score (nSPS) is 29.2. The van der Waals surface area contributed by atoms with Crippen molar-refractivity contribution < 1.29 is 13.2 Å². The van der Waals surface area contributed by atoms with Crippen molar-refractivity contribution >= 4 is 21.8 Å². The second kappa shape index (κ2) is 7.62. The zero-order valence-corrected chi connectivity index (χ0v) is 17.2. The average molecular weight is 392 g/mol.